The van der Waals surface area contributed by atoms with Crippen LogP contribution in [0.5, 0.6) is 5.75 Å². The van der Waals surface area contributed by atoms with E-state index in [1.807, 2.05) is 0 Å². The number of nitrogens with zero attached hydrogens (tertiary/aromatic N) is 3. The van der Waals surface area contributed by atoms with Crippen LogP contribution in [0.4, 0.5) is 10.5 Å². The molecule has 0 aliphatic carbocycles. The number of carbonyl (C=O) groups is 1. The zero-order chi connectivity index (χ0) is 19.3. The minimum atomic E-state index is -0.553. The minimum absolute atomic E-state index is 0.313. The molecule has 0 aliphatic rings. The first-order valence-corrected chi connectivity index (χ1v) is 8.30. The Labute approximate surface area is 153 Å². The maximum atomic E-state index is 11.8. The number of ether oxygens (including phenoxy) is 4. The molecule has 0 spiro atoms. The monoisotopic (exact) mass is 366 g/mol. The molecule has 1 amide bonds. The Bertz CT molecular complexity index is 597. The van der Waals surface area contributed by atoms with Gasteiger partial charge in [0, 0.05) is 23.2 Å². The largest absolute Gasteiger partial charge is 0.491 e. The summed E-state index contributed by atoms with van der Waals surface area (Å²) < 4.78 is 21.4. The van der Waals surface area contributed by atoms with Crippen molar-refractivity contribution in [3.05, 3.63) is 34.7 Å². The quantitative estimate of drug-likeness (QED) is 0.277. The molecule has 0 atom stereocenters. The van der Waals surface area contributed by atoms with Crippen molar-refractivity contribution in [1.29, 1.82) is 0 Å². The summed E-state index contributed by atoms with van der Waals surface area (Å²) in [5.41, 5.74) is 8.14. The lowest BCUT2D eigenvalue weighted by Gasteiger charge is -2.19. The van der Waals surface area contributed by atoms with Crippen molar-refractivity contribution in [3.63, 3.8) is 0 Å². The van der Waals surface area contributed by atoms with Crippen molar-refractivity contribution in [2.45, 2.75) is 26.4 Å². The van der Waals surface area contributed by atoms with Gasteiger partial charge in [-0.2, -0.15) is 0 Å². The molecule has 0 bridgehead atoms. The van der Waals surface area contributed by atoms with Gasteiger partial charge in [-0.05, 0) is 38.4 Å². The van der Waals surface area contributed by atoms with Gasteiger partial charge in [-0.1, -0.05) is 11.2 Å². The van der Waals surface area contributed by atoms with E-state index < -0.39 is 11.7 Å². The molecule has 144 valence electrons. The number of benzene rings is 1. The molecule has 0 saturated carbocycles. The van der Waals surface area contributed by atoms with Crippen LogP contribution in [-0.2, 0) is 14.2 Å². The summed E-state index contributed by atoms with van der Waals surface area (Å²) in [5, 5.41) is 6.01. The predicted molar refractivity (Wildman–Crippen MR) is 97.4 cm³/mol. The zero-order valence-electron chi connectivity index (χ0n) is 15.4. The van der Waals surface area contributed by atoms with Crippen LogP contribution in [0.2, 0.25) is 0 Å². The summed E-state index contributed by atoms with van der Waals surface area (Å²) in [6.45, 7) is 7.73. The maximum absolute atomic E-state index is 11.8. The number of carbonyl (C=O) groups excluding carboxylic acids is 1. The topological polar surface area (TPSA) is 115 Å². The number of azide groups is 1. The van der Waals surface area contributed by atoms with E-state index in [-0.39, 0.29) is 0 Å². The third-order valence-corrected chi connectivity index (χ3v) is 2.75. The molecule has 0 saturated heterocycles. The molecule has 0 fully saturated rings. The molecule has 0 aliphatic heterocycles. The molecule has 0 unspecified atom stereocenters. The molecule has 1 rings (SSSR count). The Kier molecular flexibility index (Phi) is 9.93. The standard InChI is InChI=1S/C17H26N4O5/c1-17(2,3)26-16(22)20-14-5-4-6-15(13-14)25-12-11-24-10-9-23-8-7-19-21-18/h4-6,13H,7-12H2,1-3H3,(H,20,22). The number of rotatable bonds is 11. The van der Waals surface area contributed by atoms with Crippen LogP contribution in [0.1, 0.15) is 20.8 Å². The molecule has 0 radical (unpaired) electrons. The second-order valence-electron chi connectivity index (χ2n) is 6.18. The average Bonchev–Trinajstić information content (AvgIpc) is 2.55. The SMILES string of the molecule is CC(C)(C)OC(=O)Nc1cccc(OCCOCCOCCN=[N+]=[N-])c1. The number of amides is 1. The van der Waals surface area contributed by atoms with Gasteiger partial charge in [0.2, 0.25) is 0 Å². The van der Waals surface area contributed by atoms with Gasteiger partial charge in [-0.25, -0.2) is 4.79 Å². The van der Waals surface area contributed by atoms with Gasteiger partial charge in [-0.3, -0.25) is 5.32 Å². The summed E-state index contributed by atoms with van der Waals surface area (Å²) in [6, 6.07) is 7.03. The van der Waals surface area contributed by atoms with Crippen LogP contribution in [0.3, 0.4) is 0 Å². The molecular weight excluding hydrogens is 340 g/mol. The Balaban J connectivity index is 2.19. The fraction of sp³-hybridized carbons (Fsp3) is 0.588. The van der Waals surface area contributed by atoms with Gasteiger partial charge in [0.1, 0.15) is 18.0 Å². The normalized spacial score (nSPS) is 10.7. The van der Waals surface area contributed by atoms with Gasteiger partial charge >= 0.3 is 6.09 Å². The third kappa shape index (κ3) is 11.1. The molecule has 1 N–H and O–H groups in total. The second kappa shape index (κ2) is 12.0. The summed E-state index contributed by atoms with van der Waals surface area (Å²) in [5.74, 6) is 0.618. The zero-order valence-corrected chi connectivity index (χ0v) is 15.4. The second-order valence-corrected chi connectivity index (χ2v) is 6.18. The first-order chi connectivity index (χ1) is 12.4. The van der Waals surface area contributed by atoms with E-state index in [9.17, 15) is 4.79 Å². The van der Waals surface area contributed by atoms with E-state index in [1.54, 1.807) is 45.0 Å². The summed E-state index contributed by atoms with van der Waals surface area (Å²) >= 11 is 0. The Morgan fingerprint density at radius 1 is 1.15 bits per heavy atom. The summed E-state index contributed by atoms with van der Waals surface area (Å²) in [4.78, 5) is 14.4. The third-order valence-electron chi connectivity index (χ3n) is 2.75. The molecule has 1 aromatic carbocycles. The van der Waals surface area contributed by atoms with E-state index in [4.69, 9.17) is 24.5 Å². The Hall–Kier alpha value is -2.48. The van der Waals surface area contributed by atoms with E-state index in [0.29, 0.717) is 51.0 Å². The van der Waals surface area contributed by atoms with Crippen LogP contribution in [0, 0.1) is 0 Å². The smallest absolute Gasteiger partial charge is 0.412 e. The van der Waals surface area contributed by atoms with Crippen LogP contribution in [0.15, 0.2) is 29.4 Å². The van der Waals surface area contributed by atoms with Crippen LogP contribution >= 0.6 is 0 Å². The average molecular weight is 366 g/mol. The molecular formula is C17H26N4O5. The van der Waals surface area contributed by atoms with Crippen LogP contribution in [0.25, 0.3) is 10.4 Å². The molecule has 0 aromatic heterocycles. The fourth-order valence-electron chi connectivity index (χ4n) is 1.78. The Morgan fingerprint density at radius 2 is 1.85 bits per heavy atom. The van der Waals surface area contributed by atoms with Crippen molar-refractivity contribution in [3.8, 4) is 5.75 Å². The van der Waals surface area contributed by atoms with Crippen molar-refractivity contribution < 1.29 is 23.7 Å². The maximum Gasteiger partial charge on any atom is 0.412 e. The molecule has 1 aromatic rings. The molecule has 0 heterocycles. The van der Waals surface area contributed by atoms with Gasteiger partial charge in [0.15, 0.2) is 0 Å². The number of anilines is 1. The molecule has 9 nitrogen and oxygen atoms in total. The van der Waals surface area contributed by atoms with Gasteiger partial charge in [0.05, 0.1) is 26.4 Å². The van der Waals surface area contributed by atoms with E-state index in [1.165, 1.54) is 0 Å². The highest BCUT2D eigenvalue weighted by atomic mass is 16.6. The first-order valence-electron chi connectivity index (χ1n) is 8.30. The Morgan fingerprint density at radius 3 is 2.54 bits per heavy atom. The van der Waals surface area contributed by atoms with Crippen LogP contribution in [-0.4, -0.2) is 51.3 Å². The highest BCUT2D eigenvalue weighted by molar-refractivity contribution is 5.85. The van der Waals surface area contributed by atoms with Crippen molar-refractivity contribution in [1.82, 2.24) is 0 Å². The number of nitrogens with one attached hydrogen (secondary N) is 1. The molecule has 26 heavy (non-hydrogen) atoms. The van der Waals surface area contributed by atoms with Crippen molar-refractivity contribution in [2.24, 2.45) is 5.11 Å². The predicted octanol–water partition coefficient (Wildman–Crippen LogP) is 3.76. The highest BCUT2D eigenvalue weighted by Gasteiger charge is 2.16. The van der Waals surface area contributed by atoms with Gasteiger partial charge in [0.25, 0.3) is 0 Å². The van der Waals surface area contributed by atoms with Crippen molar-refractivity contribution >= 4 is 11.8 Å². The highest BCUT2D eigenvalue weighted by Crippen LogP contribution is 2.18. The molecule has 9 heteroatoms. The fourth-order valence-corrected chi connectivity index (χ4v) is 1.78. The lowest BCUT2D eigenvalue weighted by Crippen LogP contribution is -2.27. The first kappa shape index (κ1) is 21.6. The van der Waals surface area contributed by atoms with Gasteiger partial charge in [-0.15, -0.1) is 0 Å². The minimum Gasteiger partial charge on any atom is -0.491 e. The van der Waals surface area contributed by atoms with E-state index in [2.05, 4.69) is 15.3 Å². The number of hydrogen-bond acceptors (Lipinski definition) is 6. The van der Waals surface area contributed by atoms with Crippen LogP contribution < -0.4 is 10.1 Å². The number of hydrogen-bond donors (Lipinski definition) is 1. The van der Waals surface area contributed by atoms with Gasteiger partial charge < -0.3 is 18.9 Å². The summed E-state index contributed by atoms with van der Waals surface area (Å²) in [6.07, 6.45) is -0.515. The lowest BCUT2D eigenvalue weighted by molar-refractivity contribution is 0.0388. The van der Waals surface area contributed by atoms with E-state index in [0.717, 1.165) is 0 Å². The van der Waals surface area contributed by atoms with E-state index >= 15 is 0 Å². The summed E-state index contributed by atoms with van der Waals surface area (Å²) in [7, 11) is 0. The lowest BCUT2D eigenvalue weighted by atomic mass is 10.2. The van der Waals surface area contributed by atoms with Crippen molar-refractivity contribution in [2.75, 3.05) is 44.9 Å².